The molecular formula is C23H17ClFN3O2S. The van der Waals surface area contributed by atoms with Crippen molar-refractivity contribution in [2.45, 2.75) is 25.4 Å². The maximum Gasteiger partial charge on any atom is 0.264 e. The third-order valence-corrected chi connectivity index (χ3v) is 6.52. The quantitative estimate of drug-likeness (QED) is 0.356. The highest BCUT2D eigenvalue weighted by atomic mass is 35.5. The Labute approximate surface area is 187 Å². The molecule has 156 valence electrons. The van der Waals surface area contributed by atoms with Crippen LogP contribution in [0.4, 0.5) is 4.39 Å². The number of benzene rings is 2. The fourth-order valence-corrected chi connectivity index (χ4v) is 4.51. The van der Waals surface area contributed by atoms with Crippen LogP contribution >= 0.6 is 22.9 Å². The summed E-state index contributed by atoms with van der Waals surface area (Å²) < 4.78 is 19.0. The van der Waals surface area contributed by atoms with Crippen molar-refractivity contribution in [1.82, 2.24) is 15.1 Å². The van der Waals surface area contributed by atoms with E-state index in [1.807, 2.05) is 30.3 Å². The lowest BCUT2D eigenvalue weighted by Crippen LogP contribution is -2.32. The van der Waals surface area contributed by atoms with Gasteiger partial charge in [0.25, 0.3) is 5.91 Å². The first kappa shape index (κ1) is 19.9. The Morgan fingerprint density at radius 1 is 1.10 bits per heavy atom. The number of carbonyl (C=O) groups excluding carboxylic acids is 1. The molecule has 0 radical (unpaired) electrons. The predicted octanol–water partition coefficient (Wildman–Crippen LogP) is 6.06. The molecule has 0 aliphatic heterocycles. The van der Waals surface area contributed by atoms with Crippen molar-refractivity contribution in [3.8, 4) is 21.9 Å². The molecule has 1 amide bonds. The first-order valence-corrected chi connectivity index (χ1v) is 11.0. The summed E-state index contributed by atoms with van der Waals surface area (Å²) in [4.78, 5) is 16.5. The SMILES string of the molecule is O=C(c1ccc(-c2ccc(F)cc2)s1)N(Cc1nnc(-c2ccccc2Cl)o1)C1CC1. The maximum absolute atomic E-state index is 13.2. The molecule has 1 fully saturated rings. The number of nitrogens with zero attached hydrogens (tertiary/aromatic N) is 3. The highest BCUT2D eigenvalue weighted by molar-refractivity contribution is 7.17. The van der Waals surface area contributed by atoms with Crippen molar-refractivity contribution in [3.05, 3.63) is 82.3 Å². The minimum Gasteiger partial charge on any atom is -0.419 e. The van der Waals surface area contributed by atoms with Gasteiger partial charge in [-0.25, -0.2) is 4.39 Å². The molecule has 0 spiro atoms. The highest BCUT2D eigenvalue weighted by Crippen LogP contribution is 2.34. The normalized spacial score (nSPS) is 13.4. The van der Waals surface area contributed by atoms with E-state index in [9.17, 15) is 9.18 Å². The lowest BCUT2D eigenvalue weighted by Gasteiger charge is -2.19. The van der Waals surface area contributed by atoms with Crippen molar-refractivity contribution in [1.29, 1.82) is 0 Å². The summed E-state index contributed by atoms with van der Waals surface area (Å²) in [5.41, 5.74) is 1.54. The van der Waals surface area contributed by atoms with Crippen LogP contribution in [0.3, 0.4) is 0 Å². The average Bonchev–Trinajstić information content (AvgIpc) is 3.31. The Kier molecular flexibility index (Phi) is 5.29. The topological polar surface area (TPSA) is 59.2 Å². The summed E-state index contributed by atoms with van der Waals surface area (Å²) in [5, 5.41) is 8.74. The Morgan fingerprint density at radius 3 is 2.61 bits per heavy atom. The molecule has 0 bridgehead atoms. The van der Waals surface area contributed by atoms with Gasteiger partial charge in [-0.1, -0.05) is 35.9 Å². The molecule has 2 aromatic heterocycles. The van der Waals surface area contributed by atoms with Gasteiger partial charge < -0.3 is 9.32 Å². The lowest BCUT2D eigenvalue weighted by atomic mass is 10.2. The second-order valence-electron chi connectivity index (χ2n) is 7.32. The summed E-state index contributed by atoms with van der Waals surface area (Å²) in [7, 11) is 0. The van der Waals surface area contributed by atoms with E-state index >= 15 is 0 Å². The number of aromatic nitrogens is 2. The van der Waals surface area contributed by atoms with Crippen molar-refractivity contribution in [2.75, 3.05) is 0 Å². The molecule has 5 nitrogen and oxygen atoms in total. The fraction of sp³-hybridized carbons (Fsp3) is 0.174. The molecule has 0 saturated heterocycles. The van der Waals surface area contributed by atoms with Crippen molar-refractivity contribution in [2.24, 2.45) is 0 Å². The Morgan fingerprint density at radius 2 is 1.87 bits per heavy atom. The van der Waals surface area contributed by atoms with Crippen molar-refractivity contribution >= 4 is 28.8 Å². The first-order chi connectivity index (χ1) is 15.1. The first-order valence-electron chi connectivity index (χ1n) is 9.82. The van der Waals surface area contributed by atoms with Crippen LogP contribution in [-0.2, 0) is 6.54 Å². The number of carbonyl (C=O) groups is 1. The van der Waals surface area contributed by atoms with Gasteiger partial charge in [0, 0.05) is 10.9 Å². The number of thiophene rings is 1. The summed E-state index contributed by atoms with van der Waals surface area (Å²) in [6, 6.07) is 17.4. The molecule has 8 heteroatoms. The second kappa shape index (κ2) is 8.24. The summed E-state index contributed by atoms with van der Waals surface area (Å²) in [5.74, 6) is 0.342. The number of amides is 1. The summed E-state index contributed by atoms with van der Waals surface area (Å²) >= 11 is 7.60. The lowest BCUT2D eigenvalue weighted by molar-refractivity contribution is 0.0719. The van der Waals surface area contributed by atoms with E-state index in [-0.39, 0.29) is 24.3 Å². The number of hydrogen-bond donors (Lipinski definition) is 0. The Bertz CT molecular complexity index is 1230. The van der Waals surface area contributed by atoms with E-state index in [1.54, 1.807) is 23.1 Å². The van der Waals surface area contributed by atoms with Crippen LogP contribution in [0.15, 0.2) is 65.1 Å². The number of hydrogen-bond acceptors (Lipinski definition) is 5. The molecule has 0 N–H and O–H groups in total. The predicted molar refractivity (Wildman–Crippen MR) is 117 cm³/mol. The second-order valence-corrected chi connectivity index (χ2v) is 8.81. The minimum absolute atomic E-state index is 0.0710. The standard InChI is InChI=1S/C23H17ClFN3O2S/c24-18-4-2-1-3-17(18)22-27-26-21(30-22)13-28(16-9-10-16)23(29)20-12-11-19(31-20)14-5-7-15(25)8-6-14/h1-8,11-12,16H,9-10,13H2. The molecule has 2 aromatic carbocycles. The Hall–Kier alpha value is -3.03. The zero-order valence-electron chi connectivity index (χ0n) is 16.3. The van der Waals surface area contributed by atoms with E-state index in [0.717, 1.165) is 23.3 Å². The van der Waals surface area contributed by atoms with E-state index in [1.165, 1.54) is 23.5 Å². The van der Waals surface area contributed by atoms with Gasteiger partial charge in [-0.2, -0.15) is 0 Å². The van der Waals surface area contributed by atoms with Crippen LogP contribution in [0.2, 0.25) is 5.02 Å². The molecule has 2 heterocycles. The van der Waals surface area contributed by atoms with Gasteiger partial charge in [-0.3, -0.25) is 4.79 Å². The van der Waals surface area contributed by atoms with Gasteiger partial charge in [0.1, 0.15) is 5.82 Å². The van der Waals surface area contributed by atoms with Gasteiger partial charge in [-0.05, 0) is 54.8 Å². The zero-order chi connectivity index (χ0) is 21.4. The molecule has 5 rings (SSSR count). The highest BCUT2D eigenvalue weighted by Gasteiger charge is 2.35. The molecule has 0 atom stereocenters. The van der Waals surface area contributed by atoms with Gasteiger partial charge in [0.05, 0.1) is 22.0 Å². The van der Waals surface area contributed by atoms with E-state index < -0.39 is 0 Å². The van der Waals surface area contributed by atoms with Gasteiger partial charge >= 0.3 is 0 Å². The summed E-state index contributed by atoms with van der Waals surface area (Å²) in [6.45, 7) is 0.241. The molecule has 1 aliphatic carbocycles. The fourth-order valence-electron chi connectivity index (χ4n) is 3.32. The van der Waals surface area contributed by atoms with Crippen LogP contribution in [-0.4, -0.2) is 27.0 Å². The van der Waals surface area contributed by atoms with Crippen LogP contribution in [0.5, 0.6) is 0 Å². The Balaban J connectivity index is 1.36. The van der Waals surface area contributed by atoms with Gasteiger partial charge in [-0.15, -0.1) is 21.5 Å². The smallest absolute Gasteiger partial charge is 0.264 e. The maximum atomic E-state index is 13.2. The average molecular weight is 454 g/mol. The molecule has 31 heavy (non-hydrogen) atoms. The van der Waals surface area contributed by atoms with Crippen LogP contribution < -0.4 is 0 Å². The van der Waals surface area contributed by atoms with Crippen LogP contribution in [0.1, 0.15) is 28.4 Å². The van der Waals surface area contributed by atoms with Gasteiger partial charge in [0.2, 0.25) is 11.8 Å². The van der Waals surface area contributed by atoms with E-state index in [2.05, 4.69) is 10.2 Å². The third-order valence-electron chi connectivity index (χ3n) is 5.07. The van der Waals surface area contributed by atoms with Crippen molar-refractivity contribution < 1.29 is 13.6 Å². The van der Waals surface area contributed by atoms with Gasteiger partial charge in [0.15, 0.2) is 0 Å². The largest absolute Gasteiger partial charge is 0.419 e. The third kappa shape index (κ3) is 4.24. The van der Waals surface area contributed by atoms with E-state index in [0.29, 0.717) is 27.2 Å². The molecular weight excluding hydrogens is 437 g/mol. The number of rotatable bonds is 6. The van der Waals surface area contributed by atoms with Crippen molar-refractivity contribution in [3.63, 3.8) is 0 Å². The number of halogens is 2. The summed E-state index contributed by atoms with van der Waals surface area (Å²) in [6.07, 6.45) is 1.90. The molecule has 1 aliphatic rings. The minimum atomic E-state index is -0.285. The molecule has 1 saturated carbocycles. The monoisotopic (exact) mass is 453 g/mol. The van der Waals surface area contributed by atoms with Crippen LogP contribution in [0.25, 0.3) is 21.9 Å². The molecule has 0 unspecified atom stereocenters. The molecule has 4 aromatic rings. The van der Waals surface area contributed by atoms with Crippen LogP contribution in [0, 0.1) is 5.82 Å². The van der Waals surface area contributed by atoms with E-state index in [4.69, 9.17) is 16.0 Å². The zero-order valence-corrected chi connectivity index (χ0v) is 17.9.